The Labute approximate surface area is 154 Å². The van der Waals surface area contributed by atoms with Crippen LogP contribution in [0, 0.1) is 5.92 Å². The third-order valence-electron chi connectivity index (χ3n) is 5.48. The Morgan fingerprint density at radius 3 is 2.88 bits per heavy atom. The number of hydrogen-bond donors (Lipinski definition) is 0. The molecular weight excluding hydrogens is 328 g/mol. The van der Waals surface area contributed by atoms with E-state index in [1.54, 1.807) is 6.07 Å². The van der Waals surface area contributed by atoms with E-state index in [1.165, 1.54) is 6.42 Å². The summed E-state index contributed by atoms with van der Waals surface area (Å²) in [7, 11) is 0. The van der Waals surface area contributed by atoms with Gasteiger partial charge in [0.2, 0.25) is 0 Å². The molecule has 6 nitrogen and oxygen atoms in total. The number of rotatable bonds is 4. The third-order valence-corrected chi connectivity index (χ3v) is 5.48. The van der Waals surface area contributed by atoms with E-state index in [0.29, 0.717) is 11.6 Å². The van der Waals surface area contributed by atoms with Crippen LogP contribution in [0.2, 0.25) is 0 Å². The monoisotopic (exact) mass is 354 g/mol. The molecule has 0 saturated carbocycles. The molecule has 0 radical (unpaired) electrons. The summed E-state index contributed by atoms with van der Waals surface area (Å²) >= 11 is 0. The Hall–Kier alpha value is -2.21. The molecule has 0 aliphatic carbocycles. The second-order valence-electron chi connectivity index (χ2n) is 7.84. The van der Waals surface area contributed by atoms with E-state index < -0.39 is 0 Å². The molecule has 2 atom stereocenters. The van der Waals surface area contributed by atoms with E-state index in [1.807, 2.05) is 37.1 Å². The second-order valence-corrected chi connectivity index (χ2v) is 7.84. The first-order chi connectivity index (χ1) is 12.6. The smallest absolute Gasteiger partial charge is 0.276 e. The lowest BCUT2D eigenvalue weighted by Crippen LogP contribution is -2.47. The number of nitrogens with zero attached hydrogens (tertiary/aromatic N) is 4. The molecular formula is C20H26N4O2. The maximum Gasteiger partial charge on any atom is 0.276 e. The van der Waals surface area contributed by atoms with Crippen molar-refractivity contribution < 1.29 is 9.32 Å². The Morgan fingerprint density at radius 1 is 1.27 bits per heavy atom. The molecule has 2 unspecified atom stereocenters. The number of fused-ring (bicyclic) bond motifs is 4. The van der Waals surface area contributed by atoms with Crippen molar-refractivity contribution in [2.75, 3.05) is 19.6 Å². The standard InChI is InChI=1S/C20H26N4O2/c1-14(2)19-9-18(22-26-19)20(25)24-11-15-6-7-17(24)13-23(10-15)12-16-5-3-4-8-21-16/h3-5,8-9,14-15,17H,6-7,10-13H2,1-2H3. The maximum absolute atomic E-state index is 13.0. The first-order valence-electron chi connectivity index (χ1n) is 9.50. The van der Waals surface area contributed by atoms with Crippen LogP contribution in [0.1, 0.15) is 54.5 Å². The summed E-state index contributed by atoms with van der Waals surface area (Å²) in [4.78, 5) is 21.9. The van der Waals surface area contributed by atoms with E-state index in [-0.39, 0.29) is 17.9 Å². The Morgan fingerprint density at radius 2 is 2.15 bits per heavy atom. The molecule has 26 heavy (non-hydrogen) atoms. The molecule has 0 aromatic carbocycles. The topological polar surface area (TPSA) is 62.5 Å². The number of piperidine rings is 1. The molecule has 6 heteroatoms. The average molecular weight is 354 g/mol. The van der Waals surface area contributed by atoms with Gasteiger partial charge in [-0.25, -0.2) is 0 Å². The fourth-order valence-electron chi connectivity index (χ4n) is 4.09. The van der Waals surface area contributed by atoms with Gasteiger partial charge < -0.3 is 9.42 Å². The summed E-state index contributed by atoms with van der Waals surface area (Å²) in [6.45, 7) is 7.65. The lowest BCUT2D eigenvalue weighted by atomic mass is 9.94. The van der Waals surface area contributed by atoms with Crippen molar-refractivity contribution in [3.05, 3.63) is 47.6 Å². The molecule has 2 bridgehead atoms. The van der Waals surface area contributed by atoms with E-state index >= 15 is 0 Å². The van der Waals surface area contributed by atoms with Crippen molar-refractivity contribution in [1.29, 1.82) is 0 Å². The third kappa shape index (κ3) is 3.51. The minimum absolute atomic E-state index is 0.00929. The van der Waals surface area contributed by atoms with Crippen LogP contribution in [0.4, 0.5) is 0 Å². The molecule has 1 amide bonds. The first-order valence-corrected chi connectivity index (χ1v) is 9.50. The predicted molar refractivity (Wildman–Crippen MR) is 97.7 cm³/mol. The summed E-state index contributed by atoms with van der Waals surface area (Å²) in [5.41, 5.74) is 1.53. The average Bonchev–Trinajstić information content (AvgIpc) is 2.98. The number of pyridine rings is 1. The van der Waals surface area contributed by atoms with Crippen LogP contribution < -0.4 is 0 Å². The number of carbonyl (C=O) groups excluding carboxylic acids is 1. The van der Waals surface area contributed by atoms with Gasteiger partial charge in [0.05, 0.1) is 5.69 Å². The molecule has 3 saturated heterocycles. The molecule has 3 aliphatic heterocycles. The van der Waals surface area contributed by atoms with Gasteiger partial charge in [0.15, 0.2) is 5.69 Å². The van der Waals surface area contributed by atoms with E-state index in [0.717, 1.165) is 44.1 Å². The van der Waals surface area contributed by atoms with Crippen LogP contribution in [0.5, 0.6) is 0 Å². The van der Waals surface area contributed by atoms with Crippen molar-refractivity contribution in [3.63, 3.8) is 0 Å². The number of amides is 1. The second kappa shape index (κ2) is 7.19. The zero-order valence-electron chi connectivity index (χ0n) is 15.5. The fourth-order valence-corrected chi connectivity index (χ4v) is 4.09. The Balaban J connectivity index is 1.48. The lowest BCUT2D eigenvalue weighted by Gasteiger charge is -2.35. The fraction of sp³-hybridized carbons (Fsp3) is 0.550. The van der Waals surface area contributed by atoms with Gasteiger partial charge in [0, 0.05) is 50.4 Å². The molecule has 2 aromatic heterocycles. The van der Waals surface area contributed by atoms with Gasteiger partial charge in [-0.15, -0.1) is 0 Å². The van der Waals surface area contributed by atoms with Gasteiger partial charge >= 0.3 is 0 Å². The highest BCUT2D eigenvalue weighted by Gasteiger charge is 2.38. The van der Waals surface area contributed by atoms with Gasteiger partial charge in [-0.05, 0) is 30.9 Å². The van der Waals surface area contributed by atoms with Crippen LogP contribution in [0.15, 0.2) is 35.0 Å². The minimum Gasteiger partial charge on any atom is -0.360 e. The number of carbonyl (C=O) groups is 1. The van der Waals surface area contributed by atoms with Gasteiger partial charge in [-0.1, -0.05) is 25.1 Å². The van der Waals surface area contributed by atoms with Gasteiger partial charge in [-0.2, -0.15) is 0 Å². The zero-order chi connectivity index (χ0) is 18.1. The number of aromatic nitrogens is 2. The largest absolute Gasteiger partial charge is 0.360 e. The molecule has 3 fully saturated rings. The van der Waals surface area contributed by atoms with Crippen molar-refractivity contribution >= 4 is 5.91 Å². The molecule has 5 heterocycles. The summed E-state index contributed by atoms with van der Waals surface area (Å²) in [6.07, 6.45) is 4.09. The first kappa shape index (κ1) is 17.2. The van der Waals surface area contributed by atoms with Crippen LogP contribution in [0.3, 0.4) is 0 Å². The van der Waals surface area contributed by atoms with Crippen LogP contribution in [-0.2, 0) is 6.54 Å². The zero-order valence-corrected chi connectivity index (χ0v) is 15.5. The highest BCUT2D eigenvalue weighted by Crippen LogP contribution is 2.30. The van der Waals surface area contributed by atoms with Crippen LogP contribution >= 0.6 is 0 Å². The maximum atomic E-state index is 13.0. The highest BCUT2D eigenvalue weighted by atomic mass is 16.5. The van der Waals surface area contributed by atoms with E-state index in [2.05, 4.69) is 21.1 Å². The van der Waals surface area contributed by atoms with Crippen molar-refractivity contribution in [1.82, 2.24) is 19.9 Å². The van der Waals surface area contributed by atoms with Crippen LogP contribution in [-0.4, -0.2) is 51.5 Å². The molecule has 0 N–H and O–H groups in total. The highest BCUT2D eigenvalue weighted by molar-refractivity contribution is 5.92. The van der Waals surface area contributed by atoms with Crippen molar-refractivity contribution in [2.45, 2.75) is 45.2 Å². The van der Waals surface area contributed by atoms with Gasteiger partial charge in [-0.3, -0.25) is 14.7 Å². The molecule has 5 rings (SSSR count). The Kier molecular flexibility index (Phi) is 4.76. The molecule has 138 valence electrons. The molecule has 0 spiro atoms. The Bertz CT molecular complexity index is 758. The quantitative estimate of drug-likeness (QED) is 0.845. The van der Waals surface area contributed by atoms with Gasteiger partial charge in [0.25, 0.3) is 5.91 Å². The van der Waals surface area contributed by atoms with Gasteiger partial charge in [0.1, 0.15) is 5.76 Å². The summed E-state index contributed by atoms with van der Waals surface area (Å²) in [5, 5.41) is 4.02. The van der Waals surface area contributed by atoms with Crippen LogP contribution in [0.25, 0.3) is 0 Å². The van der Waals surface area contributed by atoms with Crippen molar-refractivity contribution in [2.24, 2.45) is 5.92 Å². The lowest BCUT2D eigenvalue weighted by molar-refractivity contribution is 0.0574. The molecule has 3 aliphatic rings. The van der Waals surface area contributed by atoms with E-state index in [9.17, 15) is 4.79 Å². The molecule has 2 aromatic rings. The van der Waals surface area contributed by atoms with Crippen molar-refractivity contribution in [3.8, 4) is 0 Å². The summed E-state index contributed by atoms with van der Waals surface area (Å²) in [5.74, 6) is 1.52. The van der Waals surface area contributed by atoms with E-state index in [4.69, 9.17) is 4.52 Å². The normalized spacial score (nSPS) is 23.4. The summed E-state index contributed by atoms with van der Waals surface area (Å²) < 4.78 is 5.33. The predicted octanol–water partition coefficient (Wildman–Crippen LogP) is 2.93. The SMILES string of the molecule is CC(C)c1cc(C(=O)N2CC3CCC2CN(Cc2ccccn2)C3)no1. The minimum atomic E-state index is 0.00929. The summed E-state index contributed by atoms with van der Waals surface area (Å²) in [6, 6.07) is 8.08. The number of hydrogen-bond acceptors (Lipinski definition) is 5.